The summed E-state index contributed by atoms with van der Waals surface area (Å²) in [7, 11) is 0. The summed E-state index contributed by atoms with van der Waals surface area (Å²) in [6.07, 6.45) is 8.68. The maximum Gasteiger partial charge on any atom is 0.272 e. The summed E-state index contributed by atoms with van der Waals surface area (Å²) in [5, 5.41) is 0. The molecule has 0 aliphatic carbocycles. The van der Waals surface area contributed by atoms with Gasteiger partial charge in [-0.1, -0.05) is 63.5 Å². The first-order valence-corrected chi connectivity index (χ1v) is 8.82. The maximum absolute atomic E-state index is 12.2. The highest BCUT2D eigenvalue weighted by molar-refractivity contribution is 9.10. The monoisotopic (exact) mass is 396 g/mol. The highest BCUT2D eigenvalue weighted by atomic mass is 79.9. The number of halogens is 1. The molecule has 1 aromatic heterocycles. The third kappa shape index (κ3) is 3.73. The van der Waals surface area contributed by atoms with Gasteiger partial charge in [0.25, 0.3) is 5.91 Å². The Hall–Kier alpha value is -2.42. The molecular weight excluding hydrogens is 384 g/mol. The molecule has 0 fully saturated rings. The standard InChI is InChI=1S/C19H13BrN2OS/c1-2-12-22-16-10-9-15(20)13-17(16)24-19(22)21-18(23)11-8-14-6-4-3-5-7-14/h1,3-11,13H,12H2/b11-8+,21-19?. The molecule has 0 bridgehead atoms. The van der Waals surface area contributed by atoms with Crippen molar-refractivity contribution >= 4 is 49.5 Å². The molecule has 0 spiro atoms. The van der Waals surface area contributed by atoms with Gasteiger partial charge in [-0.2, -0.15) is 4.99 Å². The van der Waals surface area contributed by atoms with Crippen LogP contribution in [0.5, 0.6) is 0 Å². The van der Waals surface area contributed by atoms with Crippen molar-refractivity contribution in [2.45, 2.75) is 6.54 Å². The van der Waals surface area contributed by atoms with E-state index in [1.165, 1.54) is 17.4 Å². The van der Waals surface area contributed by atoms with Crippen LogP contribution in [0.1, 0.15) is 5.56 Å². The zero-order valence-corrected chi connectivity index (χ0v) is 15.0. The average Bonchev–Trinajstić information content (AvgIpc) is 2.91. The Labute approximate surface area is 152 Å². The Morgan fingerprint density at radius 3 is 2.83 bits per heavy atom. The van der Waals surface area contributed by atoms with E-state index < -0.39 is 0 Å². The van der Waals surface area contributed by atoms with Crippen molar-refractivity contribution in [1.82, 2.24) is 4.57 Å². The van der Waals surface area contributed by atoms with Crippen LogP contribution in [0.3, 0.4) is 0 Å². The van der Waals surface area contributed by atoms with Crippen molar-refractivity contribution in [1.29, 1.82) is 0 Å². The van der Waals surface area contributed by atoms with Gasteiger partial charge in [0.15, 0.2) is 4.80 Å². The lowest BCUT2D eigenvalue weighted by atomic mass is 10.2. The number of amides is 1. The topological polar surface area (TPSA) is 34.4 Å². The first-order chi connectivity index (χ1) is 11.7. The Morgan fingerprint density at radius 1 is 1.29 bits per heavy atom. The molecule has 0 aliphatic heterocycles. The quantitative estimate of drug-likeness (QED) is 0.481. The molecule has 24 heavy (non-hydrogen) atoms. The van der Waals surface area contributed by atoms with E-state index in [4.69, 9.17) is 6.42 Å². The largest absolute Gasteiger partial charge is 0.305 e. The fourth-order valence-corrected chi connectivity index (χ4v) is 3.83. The molecule has 1 heterocycles. The predicted octanol–water partition coefficient (Wildman–Crippen LogP) is 4.24. The zero-order valence-electron chi connectivity index (χ0n) is 12.6. The molecule has 3 rings (SSSR count). The lowest BCUT2D eigenvalue weighted by Crippen LogP contribution is -2.15. The highest BCUT2D eigenvalue weighted by Crippen LogP contribution is 2.22. The number of aromatic nitrogens is 1. The number of hydrogen-bond donors (Lipinski definition) is 0. The van der Waals surface area contributed by atoms with Gasteiger partial charge in [0.1, 0.15) is 0 Å². The molecule has 3 aromatic rings. The van der Waals surface area contributed by atoms with Crippen LogP contribution in [-0.2, 0) is 11.3 Å². The molecule has 0 aliphatic rings. The van der Waals surface area contributed by atoms with Crippen molar-refractivity contribution in [3.05, 3.63) is 69.4 Å². The lowest BCUT2D eigenvalue weighted by molar-refractivity contribution is -0.113. The van der Waals surface area contributed by atoms with Crippen LogP contribution in [0.15, 0.2) is 64.1 Å². The Morgan fingerprint density at radius 2 is 2.08 bits per heavy atom. The number of terminal acetylenes is 1. The molecule has 0 N–H and O–H groups in total. The third-order valence-corrected chi connectivity index (χ3v) is 4.85. The molecule has 118 valence electrons. The van der Waals surface area contributed by atoms with Gasteiger partial charge in [-0.25, -0.2) is 0 Å². The highest BCUT2D eigenvalue weighted by Gasteiger charge is 2.06. The lowest BCUT2D eigenvalue weighted by Gasteiger charge is -1.99. The molecule has 0 saturated heterocycles. The molecule has 0 saturated carbocycles. The molecule has 5 heteroatoms. The molecular formula is C19H13BrN2OS. The van der Waals surface area contributed by atoms with Crippen LogP contribution < -0.4 is 4.80 Å². The minimum atomic E-state index is -0.310. The first-order valence-electron chi connectivity index (χ1n) is 7.21. The summed E-state index contributed by atoms with van der Waals surface area (Å²) < 4.78 is 3.88. The fraction of sp³-hybridized carbons (Fsp3) is 0.0526. The number of hydrogen-bond acceptors (Lipinski definition) is 2. The minimum absolute atomic E-state index is 0.310. The van der Waals surface area contributed by atoms with Crippen molar-refractivity contribution in [3.63, 3.8) is 0 Å². The summed E-state index contributed by atoms with van der Waals surface area (Å²) in [5.74, 6) is 2.31. The number of benzene rings is 2. The van der Waals surface area contributed by atoms with Gasteiger partial charge in [0.05, 0.1) is 16.8 Å². The number of fused-ring (bicyclic) bond motifs is 1. The zero-order chi connectivity index (χ0) is 16.9. The normalized spacial score (nSPS) is 11.9. The SMILES string of the molecule is C#CCn1c(=NC(=O)/C=C/c2ccccc2)sc2cc(Br)ccc21. The van der Waals surface area contributed by atoms with Gasteiger partial charge in [-0.15, -0.1) is 6.42 Å². The smallest absolute Gasteiger partial charge is 0.272 e. The second kappa shape index (κ2) is 7.43. The van der Waals surface area contributed by atoms with E-state index in [1.807, 2.05) is 53.1 Å². The number of carbonyl (C=O) groups excluding carboxylic acids is 1. The van der Waals surface area contributed by atoms with E-state index in [2.05, 4.69) is 26.8 Å². The maximum atomic E-state index is 12.2. The number of nitrogens with zero attached hydrogens (tertiary/aromatic N) is 2. The molecule has 0 unspecified atom stereocenters. The van der Waals surface area contributed by atoms with Crippen LogP contribution in [0.4, 0.5) is 0 Å². The minimum Gasteiger partial charge on any atom is -0.305 e. The number of thiazole rings is 1. The van der Waals surface area contributed by atoms with E-state index >= 15 is 0 Å². The van der Waals surface area contributed by atoms with Gasteiger partial charge >= 0.3 is 0 Å². The van der Waals surface area contributed by atoms with E-state index in [-0.39, 0.29) is 5.91 Å². The average molecular weight is 397 g/mol. The van der Waals surface area contributed by atoms with Crippen molar-refractivity contribution in [3.8, 4) is 12.3 Å². The molecule has 0 atom stereocenters. The fourth-order valence-electron chi connectivity index (χ4n) is 2.24. The van der Waals surface area contributed by atoms with Crippen LogP contribution >= 0.6 is 27.3 Å². The second-order valence-corrected chi connectivity index (χ2v) is 6.91. The van der Waals surface area contributed by atoms with Gasteiger partial charge in [0.2, 0.25) is 0 Å². The van der Waals surface area contributed by atoms with Crippen molar-refractivity contribution in [2.75, 3.05) is 0 Å². The van der Waals surface area contributed by atoms with Crippen LogP contribution in [0, 0.1) is 12.3 Å². The summed E-state index contributed by atoms with van der Waals surface area (Å²) >= 11 is 4.90. The van der Waals surface area contributed by atoms with Crippen LogP contribution in [-0.4, -0.2) is 10.5 Å². The van der Waals surface area contributed by atoms with E-state index in [0.29, 0.717) is 11.3 Å². The number of rotatable bonds is 3. The van der Waals surface area contributed by atoms with Crippen molar-refractivity contribution < 1.29 is 4.79 Å². The Balaban J connectivity index is 2.00. The number of carbonyl (C=O) groups is 1. The first kappa shape index (κ1) is 16.4. The van der Waals surface area contributed by atoms with Crippen molar-refractivity contribution in [2.24, 2.45) is 4.99 Å². The van der Waals surface area contributed by atoms with Gasteiger partial charge < -0.3 is 4.57 Å². The second-order valence-electron chi connectivity index (χ2n) is 4.98. The molecule has 2 aromatic carbocycles. The Bertz CT molecular complexity index is 1020. The summed E-state index contributed by atoms with van der Waals surface area (Å²) in [4.78, 5) is 17.0. The molecule has 3 nitrogen and oxygen atoms in total. The summed E-state index contributed by atoms with van der Waals surface area (Å²) in [5.41, 5.74) is 1.93. The van der Waals surface area contributed by atoms with E-state index in [1.54, 1.807) is 6.08 Å². The molecule has 1 amide bonds. The van der Waals surface area contributed by atoms with E-state index in [0.717, 1.165) is 20.3 Å². The summed E-state index contributed by atoms with van der Waals surface area (Å²) in [6, 6.07) is 15.5. The van der Waals surface area contributed by atoms with E-state index in [9.17, 15) is 4.79 Å². The van der Waals surface area contributed by atoms with Gasteiger partial charge in [0, 0.05) is 10.5 Å². The van der Waals surface area contributed by atoms with Gasteiger partial charge in [-0.05, 0) is 29.8 Å². The van der Waals surface area contributed by atoms with Crippen LogP contribution in [0.2, 0.25) is 0 Å². The Kier molecular flexibility index (Phi) is 5.09. The third-order valence-electron chi connectivity index (χ3n) is 3.32. The predicted molar refractivity (Wildman–Crippen MR) is 102 cm³/mol. The van der Waals surface area contributed by atoms with Crippen LogP contribution in [0.25, 0.3) is 16.3 Å². The molecule has 0 radical (unpaired) electrons. The van der Waals surface area contributed by atoms with Gasteiger partial charge in [-0.3, -0.25) is 4.79 Å². The summed E-state index contributed by atoms with van der Waals surface area (Å²) in [6.45, 7) is 0.371.